The molecule has 0 amide bonds. The van der Waals surface area contributed by atoms with Crippen LogP contribution in [0.1, 0.15) is 63.0 Å². The molecule has 0 bridgehead atoms. The highest BCUT2D eigenvalue weighted by Gasteiger charge is 2.18. The van der Waals surface area contributed by atoms with Gasteiger partial charge in [-0.2, -0.15) is 0 Å². The third-order valence-corrected chi connectivity index (χ3v) is 5.20. The van der Waals surface area contributed by atoms with Crippen LogP contribution in [0.5, 0.6) is 0 Å². The van der Waals surface area contributed by atoms with Crippen LogP contribution in [0.4, 0.5) is 0 Å². The van der Waals surface area contributed by atoms with Crippen molar-refractivity contribution in [2.24, 2.45) is 0 Å². The number of hydrogen-bond donors (Lipinski definition) is 0. The number of esters is 1. The lowest BCUT2D eigenvalue weighted by Crippen LogP contribution is -2.15. The Balaban J connectivity index is 1.66. The number of ketones is 1. The standard InChI is InChI=1S/C25H27NO3/c1-17(2)21-10-12-22(13-11-21)25(28)29-16-24(27)23-14-18(3)26(19(23)4)15-20-8-6-5-7-9-20/h5-14,17H,15-16H2,1-4H3. The van der Waals surface area contributed by atoms with Gasteiger partial charge in [-0.25, -0.2) is 4.79 Å². The first kappa shape index (κ1) is 20.6. The second-order valence-electron chi connectivity index (χ2n) is 7.63. The van der Waals surface area contributed by atoms with Crippen LogP contribution in [-0.4, -0.2) is 22.9 Å². The molecule has 29 heavy (non-hydrogen) atoms. The van der Waals surface area contributed by atoms with E-state index in [1.807, 2.05) is 50.2 Å². The van der Waals surface area contributed by atoms with Crippen molar-refractivity contribution in [3.05, 3.63) is 94.3 Å². The van der Waals surface area contributed by atoms with Gasteiger partial charge in [0.15, 0.2) is 6.61 Å². The van der Waals surface area contributed by atoms with Gasteiger partial charge in [-0.1, -0.05) is 56.3 Å². The Bertz CT molecular complexity index is 999. The average Bonchev–Trinajstić information content (AvgIpc) is 3.01. The molecule has 4 heteroatoms. The number of carbonyl (C=O) groups is 2. The SMILES string of the molecule is Cc1cc(C(=O)COC(=O)c2ccc(C(C)C)cc2)c(C)n1Cc1ccccc1. The van der Waals surface area contributed by atoms with E-state index < -0.39 is 5.97 Å². The summed E-state index contributed by atoms with van der Waals surface area (Å²) in [7, 11) is 0. The molecule has 0 fully saturated rings. The summed E-state index contributed by atoms with van der Waals surface area (Å²) in [6.07, 6.45) is 0. The molecule has 1 aromatic heterocycles. The number of Topliss-reactive ketones (excluding diaryl/α,β-unsaturated/α-hetero) is 1. The molecule has 0 aliphatic carbocycles. The molecule has 0 radical (unpaired) electrons. The van der Waals surface area contributed by atoms with Crippen LogP contribution < -0.4 is 0 Å². The van der Waals surface area contributed by atoms with E-state index in [-0.39, 0.29) is 12.4 Å². The first-order chi connectivity index (χ1) is 13.9. The fraction of sp³-hybridized carbons (Fsp3) is 0.280. The molecule has 0 aliphatic heterocycles. The van der Waals surface area contributed by atoms with E-state index in [0.717, 1.165) is 17.0 Å². The molecule has 0 N–H and O–H groups in total. The lowest BCUT2D eigenvalue weighted by molar-refractivity contribution is 0.0474. The van der Waals surface area contributed by atoms with Crippen LogP contribution in [0.15, 0.2) is 60.7 Å². The smallest absolute Gasteiger partial charge is 0.338 e. The van der Waals surface area contributed by atoms with Crippen molar-refractivity contribution in [3.63, 3.8) is 0 Å². The van der Waals surface area contributed by atoms with E-state index in [2.05, 4.69) is 30.5 Å². The van der Waals surface area contributed by atoms with Gasteiger partial charge in [-0.05, 0) is 49.1 Å². The minimum Gasteiger partial charge on any atom is -0.454 e. The molecule has 0 aliphatic rings. The highest BCUT2D eigenvalue weighted by atomic mass is 16.5. The molecule has 150 valence electrons. The lowest BCUT2D eigenvalue weighted by Gasteiger charge is -2.10. The van der Waals surface area contributed by atoms with Gasteiger partial charge in [0.1, 0.15) is 0 Å². The Labute approximate surface area is 172 Å². The summed E-state index contributed by atoms with van der Waals surface area (Å²) in [5.41, 5.74) is 5.27. The topological polar surface area (TPSA) is 48.3 Å². The van der Waals surface area contributed by atoms with Gasteiger partial charge in [0, 0.05) is 23.5 Å². The fourth-order valence-corrected chi connectivity index (χ4v) is 3.39. The van der Waals surface area contributed by atoms with Crippen molar-refractivity contribution in [2.75, 3.05) is 6.61 Å². The van der Waals surface area contributed by atoms with Gasteiger partial charge in [0.25, 0.3) is 0 Å². The summed E-state index contributed by atoms with van der Waals surface area (Å²) in [5, 5.41) is 0. The average molecular weight is 389 g/mol. The molecule has 3 rings (SSSR count). The summed E-state index contributed by atoms with van der Waals surface area (Å²) in [5.74, 6) is -0.274. The number of aromatic nitrogens is 1. The molecule has 0 saturated heterocycles. The summed E-state index contributed by atoms with van der Waals surface area (Å²) in [6.45, 7) is 8.54. The van der Waals surface area contributed by atoms with E-state index >= 15 is 0 Å². The van der Waals surface area contributed by atoms with E-state index in [1.54, 1.807) is 12.1 Å². The zero-order chi connectivity index (χ0) is 21.0. The van der Waals surface area contributed by atoms with Crippen LogP contribution >= 0.6 is 0 Å². The first-order valence-corrected chi connectivity index (χ1v) is 9.87. The Hall–Kier alpha value is -3.14. The Morgan fingerprint density at radius 2 is 1.62 bits per heavy atom. The Morgan fingerprint density at radius 1 is 0.966 bits per heavy atom. The molecule has 2 aromatic carbocycles. The highest BCUT2D eigenvalue weighted by Crippen LogP contribution is 2.19. The van der Waals surface area contributed by atoms with E-state index in [1.165, 1.54) is 5.56 Å². The van der Waals surface area contributed by atoms with Crippen LogP contribution in [0, 0.1) is 13.8 Å². The predicted molar refractivity (Wildman–Crippen MR) is 115 cm³/mol. The highest BCUT2D eigenvalue weighted by molar-refractivity contribution is 6.00. The molecule has 1 heterocycles. The maximum Gasteiger partial charge on any atom is 0.338 e. The van der Waals surface area contributed by atoms with Crippen molar-refractivity contribution in [3.8, 4) is 0 Å². The van der Waals surface area contributed by atoms with Gasteiger partial charge in [0.05, 0.1) is 5.56 Å². The maximum absolute atomic E-state index is 12.7. The normalized spacial score (nSPS) is 10.9. The van der Waals surface area contributed by atoms with E-state index in [9.17, 15) is 9.59 Å². The molecular formula is C25H27NO3. The number of nitrogens with zero attached hydrogens (tertiary/aromatic N) is 1. The third kappa shape index (κ3) is 4.83. The fourth-order valence-electron chi connectivity index (χ4n) is 3.39. The van der Waals surface area contributed by atoms with Crippen LogP contribution in [0.25, 0.3) is 0 Å². The summed E-state index contributed by atoms with van der Waals surface area (Å²) in [4.78, 5) is 25.0. The third-order valence-electron chi connectivity index (χ3n) is 5.20. The van der Waals surface area contributed by atoms with Gasteiger partial charge in [-0.3, -0.25) is 4.79 Å². The van der Waals surface area contributed by atoms with Crippen LogP contribution in [0.3, 0.4) is 0 Å². The minimum atomic E-state index is -0.480. The molecule has 3 aromatic rings. The molecular weight excluding hydrogens is 362 g/mol. The number of benzene rings is 2. The van der Waals surface area contributed by atoms with E-state index in [4.69, 9.17) is 4.74 Å². The lowest BCUT2D eigenvalue weighted by atomic mass is 10.0. The largest absolute Gasteiger partial charge is 0.454 e. The Morgan fingerprint density at radius 3 is 2.24 bits per heavy atom. The number of ether oxygens (including phenoxy) is 1. The van der Waals surface area contributed by atoms with Gasteiger partial charge in [-0.15, -0.1) is 0 Å². The van der Waals surface area contributed by atoms with Crippen molar-refractivity contribution < 1.29 is 14.3 Å². The van der Waals surface area contributed by atoms with Crippen LogP contribution in [-0.2, 0) is 11.3 Å². The summed E-state index contributed by atoms with van der Waals surface area (Å²) < 4.78 is 7.38. The molecule has 0 spiro atoms. The molecule has 0 atom stereocenters. The zero-order valence-corrected chi connectivity index (χ0v) is 17.4. The molecule has 4 nitrogen and oxygen atoms in total. The maximum atomic E-state index is 12.7. The molecule has 0 saturated carbocycles. The van der Waals surface area contributed by atoms with Gasteiger partial charge in [0.2, 0.25) is 5.78 Å². The predicted octanol–water partition coefficient (Wildman–Crippen LogP) is 5.32. The second-order valence-corrected chi connectivity index (χ2v) is 7.63. The Kier molecular flexibility index (Phi) is 6.32. The minimum absolute atomic E-state index is 0.190. The number of aryl methyl sites for hydroxylation is 1. The zero-order valence-electron chi connectivity index (χ0n) is 17.4. The van der Waals surface area contributed by atoms with Crippen LogP contribution in [0.2, 0.25) is 0 Å². The summed E-state index contributed by atoms with van der Waals surface area (Å²) in [6, 6.07) is 19.3. The second kappa shape index (κ2) is 8.91. The quantitative estimate of drug-likeness (QED) is 0.406. The van der Waals surface area contributed by atoms with Gasteiger partial charge < -0.3 is 9.30 Å². The van der Waals surface area contributed by atoms with Crippen molar-refractivity contribution in [2.45, 2.75) is 40.2 Å². The summed E-state index contributed by atoms with van der Waals surface area (Å²) >= 11 is 0. The number of hydrogen-bond acceptors (Lipinski definition) is 3. The number of carbonyl (C=O) groups excluding carboxylic acids is 2. The first-order valence-electron chi connectivity index (χ1n) is 9.87. The van der Waals surface area contributed by atoms with Crippen molar-refractivity contribution in [1.29, 1.82) is 0 Å². The van der Waals surface area contributed by atoms with Crippen molar-refractivity contribution >= 4 is 11.8 Å². The van der Waals surface area contributed by atoms with E-state index in [0.29, 0.717) is 23.6 Å². The number of rotatable bonds is 7. The monoisotopic (exact) mass is 389 g/mol. The molecule has 0 unspecified atom stereocenters. The van der Waals surface area contributed by atoms with Gasteiger partial charge >= 0.3 is 5.97 Å². The van der Waals surface area contributed by atoms with Crippen molar-refractivity contribution in [1.82, 2.24) is 4.57 Å².